The molecule has 4 rings (SSSR count). The van der Waals surface area contributed by atoms with E-state index in [4.69, 9.17) is 9.15 Å². The molecule has 1 aliphatic rings. The number of aryl methyl sites for hydroxylation is 1. The minimum Gasteiger partial charge on any atom is -0.465 e. The third-order valence-electron chi connectivity index (χ3n) is 4.74. The van der Waals surface area contributed by atoms with E-state index in [9.17, 15) is 14.0 Å². The van der Waals surface area contributed by atoms with Crippen molar-refractivity contribution in [1.29, 1.82) is 0 Å². The summed E-state index contributed by atoms with van der Waals surface area (Å²) in [5.74, 6) is 0.151. The fourth-order valence-corrected chi connectivity index (χ4v) is 4.08. The van der Waals surface area contributed by atoms with Crippen LogP contribution in [-0.2, 0) is 15.3 Å². The summed E-state index contributed by atoms with van der Waals surface area (Å²) >= 11 is 1.28. The first-order valence-corrected chi connectivity index (χ1v) is 10.7. The number of nitrogens with zero attached hydrogens (tertiary/aromatic N) is 2. The van der Waals surface area contributed by atoms with Crippen molar-refractivity contribution < 1.29 is 23.1 Å². The molecule has 0 atom stereocenters. The van der Waals surface area contributed by atoms with Gasteiger partial charge in [-0.3, -0.25) is 9.69 Å². The highest BCUT2D eigenvalue weighted by Crippen LogP contribution is 2.31. The Balaban J connectivity index is 1.63. The van der Waals surface area contributed by atoms with Crippen molar-refractivity contribution in [2.24, 2.45) is 4.99 Å². The van der Waals surface area contributed by atoms with E-state index >= 15 is 0 Å². The van der Waals surface area contributed by atoms with Crippen LogP contribution in [0.1, 0.15) is 27.4 Å². The number of amides is 1. The van der Waals surface area contributed by atoms with Crippen molar-refractivity contribution in [1.82, 2.24) is 0 Å². The molecule has 0 saturated carbocycles. The Kier molecular flexibility index (Phi) is 6.23. The number of anilines is 1. The van der Waals surface area contributed by atoms with Crippen molar-refractivity contribution in [3.05, 3.63) is 94.8 Å². The number of amidine groups is 1. The minimum atomic E-state index is -0.475. The van der Waals surface area contributed by atoms with Crippen molar-refractivity contribution >= 4 is 40.6 Å². The van der Waals surface area contributed by atoms with Gasteiger partial charge in [-0.2, -0.15) is 0 Å². The first kappa shape index (κ1) is 21.6. The second kappa shape index (κ2) is 9.23. The molecule has 0 spiro atoms. The van der Waals surface area contributed by atoms with Gasteiger partial charge in [0.1, 0.15) is 28.6 Å². The lowest BCUT2D eigenvalue weighted by Gasteiger charge is -2.17. The number of methoxy groups -OCH3 is 1. The summed E-state index contributed by atoms with van der Waals surface area (Å²) in [5, 5.41) is 0.428. The Morgan fingerprint density at radius 1 is 1.19 bits per heavy atom. The number of carbonyl (C=O) groups excluding carboxylic acids is 2. The monoisotopic (exact) mass is 450 g/mol. The van der Waals surface area contributed by atoms with Gasteiger partial charge in [0, 0.05) is 0 Å². The molecule has 3 aromatic rings. The summed E-state index contributed by atoms with van der Waals surface area (Å²) in [5.41, 5.74) is 1.97. The third-order valence-corrected chi connectivity index (χ3v) is 5.70. The van der Waals surface area contributed by atoms with Crippen molar-refractivity contribution in [2.45, 2.75) is 12.7 Å². The van der Waals surface area contributed by atoms with Crippen molar-refractivity contribution in [3.8, 4) is 0 Å². The Bertz CT molecular complexity index is 1220. The molecule has 0 unspecified atom stereocenters. The van der Waals surface area contributed by atoms with Gasteiger partial charge in [0.2, 0.25) is 0 Å². The van der Waals surface area contributed by atoms with Gasteiger partial charge in [0.15, 0.2) is 5.17 Å². The molecule has 0 N–H and O–H groups in total. The topological polar surface area (TPSA) is 72.1 Å². The normalized spacial score (nSPS) is 14.7. The predicted octanol–water partition coefficient (Wildman–Crippen LogP) is 5.19. The van der Waals surface area contributed by atoms with Crippen LogP contribution >= 0.6 is 11.8 Å². The smallest absolute Gasteiger partial charge is 0.341 e. The van der Waals surface area contributed by atoms with Crippen LogP contribution in [0.4, 0.5) is 10.1 Å². The highest BCUT2D eigenvalue weighted by atomic mass is 32.2. The molecule has 8 heteroatoms. The number of aliphatic imine (C=N–C) groups is 1. The molecule has 162 valence electrons. The number of esters is 1. The zero-order chi connectivity index (χ0) is 22.7. The van der Waals surface area contributed by atoms with Gasteiger partial charge >= 0.3 is 5.97 Å². The van der Waals surface area contributed by atoms with Crippen LogP contribution in [0.25, 0.3) is 6.08 Å². The number of benzene rings is 2. The van der Waals surface area contributed by atoms with Gasteiger partial charge in [-0.1, -0.05) is 42.1 Å². The van der Waals surface area contributed by atoms with Crippen LogP contribution in [0.2, 0.25) is 0 Å². The molecule has 2 heterocycles. The number of furan rings is 1. The summed E-state index contributed by atoms with van der Waals surface area (Å²) in [6.45, 7) is 1.68. The van der Waals surface area contributed by atoms with Crippen LogP contribution in [0.15, 0.2) is 75.8 Å². The van der Waals surface area contributed by atoms with Gasteiger partial charge in [0.25, 0.3) is 5.91 Å². The van der Waals surface area contributed by atoms with Crippen LogP contribution in [0.3, 0.4) is 0 Å². The molecule has 0 radical (unpaired) electrons. The second-order valence-corrected chi connectivity index (χ2v) is 7.86. The second-order valence-electron chi connectivity index (χ2n) is 6.91. The first-order valence-electron chi connectivity index (χ1n) is 9.72. The molecule has 0 saturated heterocycles. The molecule has 6 nitrogen and oxygen atoms in total. The van der Waals surface area contributed by atoms with E-state index in [1.807, 2.05) is 30.3 Å². The maximum atomic E-state index is 13.4. The van der Waals surface area contributed by atoms with Crippen LogP contribution in [-0.4, -0.2) is 24.2 Å². The molecular formula is C24H19FN2O4S. The summed E-state index contributed by atoms with van der Waals surface area (Å²) in [6, 6.07) is 16.7. The Morgan fingerprint density at radius 3 is 2.59 bits per heavy atom. The van der Waals surface area contributed by atoms with Gasteiger partial charge in [0.05, 0.1) is 18.6 Å². The molecule has 0 fully saturated rings. The van der Waals surface area contributed by atoms with Crippen molar-refractivity contribution in [2.75, 3.05) is 12.0 Å². The molecule has 2 aromatic carbocycles. The van der Waals surface area contributed by atoms with E-state index in [0.717, 1.165) is 5.56 Å². The maximum absolute atomic E-state index is 13.4. The van der Waals surface area contributed by atoms with Crippen LogP contribution < -0.4 is 4.90 Å². The number of hydrogen-bond acceptors (Lipinski definition) is 6. The molecule has 1 aromatic heterocycles. The highest BCUT2D eigenvalue weighted by molar-refractivity contribution is 8.13. The predicted molar refractivity (Wildman–Crippen MR) is 122 cm³/mol. The lowest BCUT2D eigenvalue weighted by atomic mass is 10.2. The van der Waals surface area contributed by atoms with E-state index in [1.54, 1.807) is 19.1 Å². The molecule has 0 bridgehead atoms. The zero-order valence-electron chi connectivity index (χ0n) is 17.4. The van der Waals surface area contributed by atoms with E-state index in [1.165, 1.54) is 48.0 Å². The Hall–Kier alpha value is -3.65. The van der Waals surface area contributed by atoms with E-state index in [-0.39, 0.29) is 11.6 Å². The van der Waals surface area contributed by atoms with Gasteiger partial charge in [-0.25, -0.2) is 14.2 Å². The lowest BCUT2D eigenvalue weighted by Crippen LogP contribution is -2.30. The average Bonchev–Trinajstić information content (AvgIpc) is 3.32. The van der Waals surface area contributed by atoms with E-state index in [0.29, 0.717) is 33.7 Å². The summed E-state index contributed by atoms with van der Waals surface area (Å²) in [6.07, 6.45) is 1.71. The quantitative estimate of drug-likeness (QED) is 0.395. The van der Waals surface area contributed by atoms with Crippen LogP contribution in [0.5, 0.6) is 0 Å². The molecule has 1 aliphatic heterocycles. The average molecular weight is 450 g/mol. The van der Waals surface area contributed by atoms with Gasteiger partial charge < -0.3 is 9.15 Å². The summed E-state index contributed by atoms with van der Waals surface area (Å²) in [7, 11) is 1.31. The fourth-order valence-electron chi connectivity index (χ4n) is 3.18. The SMILES string of the molecule is COC(=O)c1cc(CSC2=N/C(=C\c3ccccc3)C(=O)N2c2ccc(F)cc2)oc1C. The highest BCUT2D eigenvalue weighted by Gasteiger charge is 2.32. The zero-order valence-corrected chi connectivity index (χ0v) is 18.2. The summed E-state index contributed by atoms with van der Waals surface area (Å²) < 4.78 is 23.9. The number of hydrogen-bond donors (Lipinski definition) is 0. The third kappa shape index (κ3) is 4.50. The molecule has 1 amide bonds. The molecular weight excluding hydrogens is 431 g/mol. The standard InChI is InChI=1S/C24H19FN2O4S/c1-15-20(23(29)30-2)13-19(31-15)14-32-24-26-21(12-16-6-4-3-5-7-16)22(28)27(24)18-10-8-17(25)9-11-18/h3-13H,14H2,1-2H3/b21-12-. The maximum Gasteiger partial charge on any atom is 0.341 e. The lowest BCUT2D eigenvalue weighted by molar-refractivity contribution is -0.113. The van der Waals surface area contributed by atoms with Crippen LogP contribution in [0, 0.1) is 12.7 Å². The number of ether oxygens (including phenoxy) is 1. The molecule has 0 aliphatic carbocycles. The fraction of sp³-hybridized carbons (Fsp3) is 0.125. The van der Waals surface area contributed by atoms with E-state index in [2.05, 4.69) is 4.99 Å². The number of rotatable bonds is 5. The first-order chi connectivity index (χ1) is 15.5. The number of thioether (sulfide) groups is 1. The Labute approximate surface area is 188 Å². The Morgan fingerprint density at radius 2 is 1.91 bits per heavy atom. The van der Waals surface area contributed by atoms with Crippen molar-refractivity contribution in [3.63, 3.8) is 0 Å². The molecule has 32 heavy (non-hydrogen) atoms. The minimum absolute atomic E-state index is 0.272. The number of halogens is 1. The summed E-state index contributed by atoms with van der Waals surface area (Å²) in [4.78, 5) is 31.0. The largest absolute Gasteiger partial charge is 0.465 e. The number of carbonyl (C=O) groups is 2. The van der Waals surface area contributed by atoms with Gasteiger partial charge in [-0.15, -0.1) is 0 Å². The van der Waals surface area contributed by atoms with Gasteiger partial charge in [-0.05, 0) is 48.9 Å². The van der Waals surface area contributed by atoms with E-state index < -0.39 is 11.8 Å².